The standard InChI is InChI=1S/C16H11ClFNO2/c17-10-6-4-9(5-7-10)15-12(8-14(20)21)11-2-1-3-13(18)16(11)19-15/h1-7,19H,8H2,(H,20,21). The zero-order valence-corrected chi connectivity index (χ0v) is 11.6. The summed E-state index contributed by atoms with van der Waals surface area (Å²) < 4.78 is 13.9. The molecule has 1 aromatic heterocycles. The second-order valence-electron chi connectivity index (χ2n) is 4.72. The van der Waals surface area contributed by atoms with Crippen LogP contribution in [-0.2, 0) is 11.2 Å². The molecule has 21 heavy (non-hydrogen) atoms. The molecule has 0 aliphatic heterocycles. The minimum atomic E-state index is -0.963. The first-order valence-electron chi connectivity index (χ1n) is 6.33. The van der Waals surface area contributed by atoms with Crippen molar-refractivity contribution in [3.8, 4) is 11.3 Å². The maximum atomic E-state index is 13.9. The molecule has 1 heterocycles. The predicted octanol–water partition coefficient (Wildman–Crippen LogP) is 4.25. The van der Waals surface area contributed by atoms with E-state index in [2.05, 4.69) is 4.98 Å². The van der Waals surface area contributed by atoms with Crippen molar-refractivity contribution in [2.24, 2.45) is 0 Å². The summed E-state index contributed by atoms with van der Waals surface area (Å²) in [6.07, 6.45) is -0.179. The summed E-state index contributed by atoms with van der Waals surface area (Å²) >= 11 is 5.86. The van der Waals surface area contributed by atoms with Gasteiger partial charge in [0.15, 0.2) is 0 Å². The van der Waals surface area contributed by atoms with E-state index in [-0.39, 0.29) is 6.42 Å². The van der Waals surface area contributed by atoms with E-state index in [0.717, 1.165) is 5.56 Å². The minimum absolute atomic E-state index is 0.179. The van der Waals surface area contributed by atoms with Gasteiger partial charge in [-0.15, -0.1) is 0 Å². The van der Waals surface area contributed by atoms with Gasteiger partial charge in [0.2, 0.25) is 0 Å². The highest BCUT2D eigenvalue weighted by Crippen LogP contribution is 2.32. The first-order valence-corrected chi connectivity index (χ1v) is 6.71. The van der Waals surface area contributed by atoms with Crippen LogP contribution in [0.25, 0.3) is 22.2 Å². The van der Waals surface area contributed by atoms with Crippen molar-refractivity contribution in [3.05, 3.63) is 58.9 Å². The molecule has 3 rings (SSSR count). The second kappa shape index (κ2) is 5.22. The fourth-order valence-corrected chi connectivity index (χ4v) is 2.56. The predicted molar refractivity (Wildman–Crippen MR) is 80.0 cm³/mol. The van der Waals surface area contributed by atoms with Gasteiger partial charge in [-0.2, -0.15) is 0 Å². The third-order valence-electron chi connectivity index (χ3n) is 3.35. The van der Waals surface area contributed by atoms with Gasteiger partial charge in [-0.05, 0) is 29.3 Å². The van der Waals surface area contributed by atoms with Crippen molar-refractivity contribution in [1.82, 2.24) is 4.98 Å². The van der Waals surface area contributed by atoms with Crippen LogP contribution < -0.4 is 0 Å². The van der Waals surface area contributed by atoms with Crippen molar-refractivity contribution < 1.29 is 14.3 Å². The van der Waals surface area contributed by atoms with Crippen LogP contribution in [0.3, 0.4) is 0 Å². The van der Waals surface area contributed by atoms with Gasteiger partial charge in [-0.3, -0.25) is 4.79 Å². The van der Waals surface area contributed by atoms with E-state index in [0.29, 0.717) is 27.2 Å². The first-order chi connectivity index (χ1) is 10.1. The molecule has 0 saturated heterocycles. The number of para-hydroxylation sites is 1. The molecule has 3 nitrogen and oxygen atoms in total. The average Bonchev–Trinajstić information content (AvgIpc) is 2.80. The summed E-state index contributed by atoms with van der Waals surface area (Å²) in [6, 6.07) is 11.6. The molecule has 2 aromatic carbocycles. The van der Waals surface area contributed by atoms with E-state index in [1.165, 1.54) is 6.07 Å². The highest BCUT2D eigenvalue weighted by Gasteiger charge is 2.17. The van der Waals surface area contributed by atoms with Gasteiger partial charge in [0, 0.05) is 10.4 Å². The second-order valence-corrected chi connectivity index (χ2v) is 5.15. The van der Waals surface area contributed by atoms with Crippen LogP contribution in [0.15, 0.2) is 42.5 Å². The van der Waals surface area contributed by atoms with Crippen LogP contribution in [0.4, 0.5) is 4.39 Å². The van der Waals surface area contributed by atoms with Crippen molar-refractivity contribution in [3.63, 3.8) is 0 Å². The number of nitrogens with one attached hydrogen (secondary N) is 1. The Morgan fingerprint density at radius 1 is 1.19 bits per heavy atom. The number of halogens is 2. The number of aliphatic carboxylic acids is 1. The molecule has 5 heteroatoms. The Balaban J connectivity index is 2.27. The number of carbonyl (C=O) groups is 1. The normalized spacial score (nSPS) is 11.0. The van der Waals surface area contributed by atoms with Crippen molar-refractivity contribution in [2.45, 2.75) is 6.42 Å². The molecule has 0 radical (unpaired) electrons. The van der Waals surface area contributed by atoms with Gasteiger partial charge in [0.1, 0.15) is 5.82 Å². The lowest BCUT2D eigenvalue weighted by atomic mass is 10.0. The van der Waals surface area contributed by atoms with Crippen LogP contribution in [0.5, 0.6) is 0 Å². The molecule has 0 amide bonds. The molecule has 2 N–H and O–H groups in total. The fraction of sp³-hybridized carbons (Fsp3) is 0.0625. The minimum Gasteiger partial charge on any atom is -0.481 e. The van der Waals surface area contributed by atoms with Gasteiger partial charge in [0.25, 0.3) is 0 Å². The third kappa shape index (κ3) is 2.50. The van der Waals surface area contributed by atoms with E-state index < -0.39 is 11.8 Å². The van der Waals surface area contributed by atoms with Crippen LogP contribution >= 0.6 is 11.6 Å². The summed E-state index contributed by atoms with van der Waals surface area (Å²) in [6.45, 7) is 0. The highest BCUT2D eigenvalue weighted by molar-refractivity contribution is 6.30. The number of carboxylic acids is 1. The number of carboxylic acid groups (broad SMARTS) is 1. The van der Waals surface area contributed by atoms with E-state index >= 15 is 0 Å². The van der Waals surface area contributed by atoms with E-state index in [1.54, 1.807) is 36.4 Å². The van der Waals surface area contributed by atoms with Gasteiger partial charge in [-0.25, -0.2) is 4.39 Å². The molecule has 0 spiro atoms. The molecule has 0 aliphatic carbocycles. The number of benzene rings is 2. The van der Waals surface area contributed by atoms with Crippen molar-refractivity contribution in [1.29, 1.82) is 0 Å². The number of rotatable bonds is 3. The van der Waals surface area contributed by atoms with E-state index in [9.17, 15) is 9.18 Å². The van der Waals surface area contributed by atoms with Crippen molar-refractivity contribution >= 4 is 28.5 Å². The summed E-state index contributed by atoms with van der Waals surface area (Å²) in [5.74, 6) is -1.37. The topological polar surface area (TPSA) is 53.1 Å². The Hall–Kier alpha value is -2.33. The average molecular weight is 304 g/mol. The molecule has 3 aromatic rings. The number of fused-ring (bicyclic) bond motifs is 1. The van der Waals surface area contributed by atoms with Gasteiger partial charge in [-0.1, -0.05) is 35.9 Å². The number of H-pyrrole nitrogens is 1. The number of aromatic nitrogens is 1. The molecule has 0 atom stereocenters. The molecule has 0 bridgehead atoms. The molecule has 106 valence electrons. The zero-order valence-electron chi connectivity index (χ0n) is 10.9. The van der Waals surface area contributed by atoms with Crippen LogP contribution in [0.2, 0.25) is 5.02 Å². The Bertz CT molecular complexity index is 824. The lowest BCUT2D eigenvalue weighted by molar-refractivity contribution is -0.136. The summed E-state index contributed by atoms with van der Waals surface area (Å²) in [7, 11) is 0. The maximum Gasteiger partial charge on any atom is 0.307 e. The van der Waals surface area contributed by atoms with Gasteiger partial charge in [0.05, 0.1) is 17.6 Å². The fourth-order valence-electron chi connectivity index (χ4n) is 2.44. The lowest BCUT2D eigenvalue weighted by Crippen LogP contribution is -2.00. The third-order valence-corrected chi connectivity index (χ3v) is 3.60. The number of hydrogen-bond donors (Lipinski definition) is 2. The highest BCUT2D eigenvalue weighted by atomic mass is 35.5. The number of aromatic amines is 1. The summed E-state index contributed by atoms with van der Waals surface area (Å²) in [5, 5.41) is 10.3. The molecular weight excluding hydrogens is 293 g/mol. The Kier molecular flexibility index (Phi) is 3.39. The number of hydrogen-bond acceptors (Lipinski definition) is 1. The lowest BCUT2D eigenvalue weighted by Gasteiger charge is -2.03. The quantitative estimate of drug-likeness (QED) is 0.760. The van der Waals surface area contributed by atoms with Crippen LogP contribution in [0.1, 0.15) is 5.56 Å². The first kappa shape index (κ1) is 13.6. The molecule has 0 unspecified atom stereocenters. The monoisotopic (exact) mass is 303 g/mol. The SMILES string of the molecule is O=C(O)Cc1c(-c2ccc(Cl)cc2)[nH]c2c(F)cccc12. The Labute approximate surface area is 125 Å². The van der Waals surface area contributed by atoms with Crippen LogP contribution in [0, 0.1) is 5.82 Å². The molecule has 0 fully saturated rings. The molecular formula is C16H11ClFNO2. The Morgan fingerprint density at radius 3 is 2.57 bits per heavy atom. The van der Waals surface area contributed by atoms with E-state index in [1.807, 2.05) is 0 Å². The summed E-state index contributed by atoms with van der Waals surface area (Å²) in [4.78, 5) is 14.1. The smallest absolute Gasteiger partial charge is 0.307 e. The van der Waals surface area contributed by atoms with Crippen LogP contribution in [-0.4, -0.2) is 16.1 Å². The maximum absolute atomic E-state index is 13.9. The molecule has 0 aliphatic rings. The largest absolute Gasteiger partial charge is 0.481 e. The van der Waals surface area contributed by atoms with Crippen molar-refractivity contribution in [2.75, 3.05) is 0 Å². The summed E-state index contributed by atoms with van der Waals surface area (Å²) in [5.41, 5.74) is 2.26. The molecule has 0 saturated carbocycles. The van der Waals surface area contributed by atoms with Gasteiger partial charge < -0.3 is 10.1 Å². The van der Waals surface area contributed by atoms with E-state index in [4.69, 9.17) is 16.7 Å². The Morgan fingerprint density at radius 2 is 1.90 bits per heavy atom. The zero-order chi connectivity index (χ0) is 15.0. The van der Waals surface area contributed by atoms with Gasteiger partial charge >= 0.3 is 5.97 Å².